The average Bonchev–Trinajstić information content (AvgIpc) is 2.13. The Kier molecular flexibility index (Phi) is 3.60. The third kappa shape index (κ3) is 1.82. The smallest absolute Gasteiger partial charge is 0.209 e. The largest absolute Gasteiger partial charge is 0.388 e. The summed E-state index contributed by atoms with van der Waals surface area (Å²) in [5.74, 6) is 0. The Bertz CT molecular complexity index is 114. The summed E-state index contributed by atoms with van der Waals surface area (Å²) >= 11 is 0. The van der Waals surface area contributed by atoms with E-state index in [4.69, 9.17) is 5.11 Å². The van der Waals surface area contributed by atoms with Crippen molar-refractivity contribution in [2.24, 2.45) is 0 Å². The van der Waals surface area contributed by atoms with Gasteiger partial charge < -0.3 is 10.0 Å². The zero-order valence-corrected chi connectivity index (χ0v) is 6.05. The van der Waals surface area contributed by atoms with Crippen LogP contribution in [0.25, 0.3) is 0 Å². The van der Waals surface area contributed by atoms with E-state index < -0.39 is 12.3 Å². The highest BCUT2D eigenvalue weighted by Gasteiger charge is 2.29. The van der Waals surface area contributed by atoms with Gasteiger partial charge >= 0.3 is 0 Å². The summed E-state index contributed by atoms with van der Waals surface area (Å²) in [4.78, 5) is 11.2. The Morgan fingerprint density at radius 3 is 2.40 bits per heavy atom. The molecule has 1 amide bonds. The number of nitrogens with zero attached hydrogens (tertiary/aromatic N) is 1. The molecule has 0 bridgehead atoms. The van der Waals surface area contributed by atoms with Crippen molar-refractivity contribution in [3.05, 3.63) is 0 Å². The highest BCUT2D eigenvalue weighted by Crippen LogP contribution is 2.10. The van der Waals surface area contributed by atoms with E-state index in [1.807, 2.05) is 0 Å². The number of carbonyl (C=O) groups excluding carboxylic acids is 1. The van der Waals surface area contributed by atoms with E-state index in [0.29, 0.717) is 6.41 Å². The SMILES string of the molecule is Cl.O=CN1CC(O)C(F)C1. The van der Waals surface area contributed by atoms with E-state index in [1.54, 1.807) is 0 Å². The zero-order chi connectivity index (χ0) is 6.85. The van der Waals surface area contributed by atoms with E-state index in [1.165, 1.54) is 4.90 Å². The highest BCUT2D eigenvalue weighted by atomic mass is 35.5. The minimum atomic E-state index is -1.25. The normalized spacial score (nSPS) is 31.6. The van der Waals surface area contributed by atoms with E-state index in [9.17, 15) is 9.18 Å². The summed E-state index contributed by atoms with van der Waals surface area (Å²) in [5.41, 5.74) is 0. The Morgan fingerprint density at radius 2 is 2.20 bits per heavy atom. The average molecular weight is 170 g/mol. The van der Waals surface area contributed by atoms with Crippen LogP contribution in [0.4, 0.5) is 4.39 Å². The van der Waals surface area contributed by atoms with Crippen molar-refractivity contribution in [1.82, 2.24) is 4.90 Å². The fourth-order valence-corrected chi connectivity index (χ4v) is 0.861. The lowest BCUT2D eigenvalue weighted by atomic mass is 10.3. The molecule has 1 N–H and O–H groups in total. The van der Waals surface area contributed by atoms with E-state index in [0.717, 1.165) is 0 Å². The number of amides is 1. The zero-order valence-electron chi connectivity index (χ0n) is 5.24. The van der Waals surface area contributed by atoms with Crippen molar-refractivity contribution < 1.29 is 14.3 Å². The number of aliphatic hydroxyl groups excluding tert-OH is 1. The lowest BCUT2D eigenvalue weighted by molar-refractivity contribution is -0.117. The Balaban J connectivity index is 0.000000810. The molecule has 0 radical (unpaired) electrons. The van der Waals surface area contributed by atoms with Gasteiger partial charge in [0.2, 0.25) is 6.41 Å². The Hall–Kier alpha value is -0.350. The molecule has 1 fully saturated rings. The first-order valence-corrected chi connectivity index (χ1v) is 2.75. The molecule has 2 atom stereocenters. The molecular formula is C5H9ClFNO2. The standard InChI is InChI=1S/C5H8FNO2.ClH/c6-4-1-7(3-8)2-5(4)9;/h3-5,9H,1-2H2;1H. The first-order chi connectivity index (χ1) is 4.24. The Morgan fingerprint density at radius 1 is 1.60 bits per heavy atom. The third-order valence-electron chi connectivity index (χ3n) is 1.40. The fraction of sp³-hybridized carbons (Fsp3) is 0.800. The van der Waals surface area contributed by atoms with Crippen molar-refractivity contribution in [3.63, 3.8) is 0 Å². The van der Waals surface area contributed by atoms with Crippen molar-refractivity contribution in [3.8, 4) is 0 Å². The van der Waals surface area contributed by atoms with Gasteiger partial charge in [-0.15, -0.1) is 12.4 Å². The molecular weight excluding hydrogens is 161 g/mol. The molecule has 1 rings (SSSR count). The molecule has 1 aliphatic rings. The van der Waals surface area contributed by atoms with Crippen LogP contribution in [0.5, 0.6) is 0 Å². The van der Waals surface area contributed by atoms with E-state index in [2.05, 4.69) is 0 Å². The van der Waals surface area contributed by atoms with Gasteiger partial charge in [0, 0.05) is 6.54 Å². The molecule has 5 heteroatoms. The maximum atomic E-state index is 12.3. The van der Waals surface area contributed by atoms with Gasteiger partial charge in [-0.1, -0.05) is 0 Å². The highest BCUT2D eigenvalue weighted by molar-refractivity contribution is 5.85. The number of β-amino-alcohol motifs (C(OH)–C–C–N with tert-alkyl or cyclic N) is 1. The summed E-state index contributed by atoms with van der Waals surface area (Å²) in [6, 6.07) is 0. The van der Waals surface area contributed by atoms with Crippen LogP contribution in [0, 0.1) is 0 Å². The number of carbonyl (C=O) groups is 1. The van der Waals surface area contributed by atoms with Crippen LogP contribution in [0.3, 0.4) is 0 Å². The van der Waals surface area contributed by atoms with Crippen molar-refractivity contribution in [2.75, 3.05) is 13.1 Å². The maximum absolute atomic E-state index is 12.3. The quantitative estimate of drug-likeness (QED) is 0.542. The van der Waals surface area contributed by atoms with E-state index in [-0.39, 0.29) is 25.5 Å². The van der Waals surface area contributed by atoms with Gasteiger partial charge in [0.1, 0.15) is 12.3 Å². The first kappa shape index (κ1) is 9.65. The van der Waals surface area contributed by atoms with Crippen LogP contribution in [0.1, 0.15) is 0 Å². The van der Waals surface area contributed by atoms with Gasteiger partial charge in [-0.3, -0.25) is 4.79 Å². The summed E-state index contributed by atoms with van der Waals surface area (Å²) in [7, 11) is 0. The molecule has 0 aromatic rings. The summed E-state index contributed by atoms with van der Waals surface area (Å²) in [6.45, 7) is 0.162. The predicted molar refractivity (Wildman–Crippen MR) is 35.8 cm³/mol. The molecule has 2 unspecified atom stereocenters. The number of aliphatic hydroxyl groups is 1. The molecule has 0 aliphatic carbocycles. The van der Waals surface area contributed by atoms with Crippen molar-refractivity contribution >= 4 is 18.8 Å². The van der Waals surface area contributed by atoms with Gasteiger partial charge in [0.15, 0.2) is 0 Å². The van der Waals surface area contributed by atoms with Gasteiger partial charge in [0.05, 0.1) is 6.54 Å². The Labute approximate surface area is 64.2 Å². The van der Waals surface area contributed by atoms with Crippen LogP contribution >= 0.6 is 12.4 Å². The molecule has 1 saturated heterocycles. The van der Waals surface area contributed by atoms with Gasteiger partial charge in [0.25, 0.3) is 0 Å². The second kappa shape index (κ2) is 3.73. The molecule has 10 heavy (non-hydrogen) atoms. The van der Waals surface area contributed by atoms with Crippen LogP contribution in [-0.2, 0) is 4.79 Å². The van der Waals surface area contributed by atoms with Crippen molar-refractivity contribution in [2.45, 2.75) is 12.3 Å². The van der Waals surface area contributed by atoms with Crippen LogP contribution in [0.2, 0.25) is 0 Å². The second-order valence-corrected chi connectivity index (χ2v) is 2.14. The van der Waals surface area contributed by atoms with Crippen LogP contribution < -0.4 is 0 Å². The monoisotopic (exact) mass is 169 g/mol. The summed E-state index contributed by atoms with van der Waals surface area (Å²) in [5, 5.41) is 8.72. The lowest BCUT2D eigenvalue weighted by Gasteiger charge is -2.03. The maximum Gasteiger partial charge on any atom is 0.209 e. The van der Waals surface area contributed by atoms with Gasteiger partial charge in [-0.2, -0.15) is 0 Å². The van der Waals surface area contributed by atoms with E-state index >= 15 is 0 Å². The number of rotatable bonds is 1. The van der Waals surface area contributed by atoms with Crippen molar-refractivity contribution in [1.29, 1.82) is 0 Å². The lowest BCUT2D eigenvalue weighted by Crippen LogP contribution is -2.19. The molecule has 3 nitrogen and oxygen atoms in total. The minimum absolute atomic E-state index is 0. The van der Waals surface area contributed by atoms with Crippen LogP contribution in [0.15, 0.2) is 0 Å². The summed E-state index contributed by atoms with van der Waals surface area (Å²) in [6.07, 6.45) is -1.69. The molecule has 0 saturated carbocycles. The predicted octanol–water partition coefficient (Wildman–Crippen LogP) is -0.421. The molecule has 60 valence electrons. The number of likely N-dealkylation sites (tertiary alicyclic amines) is 1. The minimum Gasteiger partial charge on any atom is -0.388 e. The fourth-order valence-electron chi connectivity index (χ4n) is 0.861. The first-order valence-electron chi connectivity index (χ1n) is 2.75. The number of alkyl halides is 1. The number of hydrogen-bond donors (Lipinski definition) is 1. The summed E-state index contributed by atoms with van der Waals surface area (Å²) < 4.78 is 12.3. The third-order valence-corrected chi connectivity index (χ3v) is 1.40. The molecule has 0 aromatic carbocycles. The van der Waals surface area contributed by atoms with Crippen LogP contribution in [-0.4, -0.2) is 41.8 Å². The topological polar surface area (TPSA) is 40.5 Å². The number of hydrogen-bond acceptors (Lipinski definition) is 2. The van der Waals surface area contributed by atoms with Gasteiger partial charge in [-0.25, -0.2) is 4.39 Å². The molecule has 0 aromatic heterocycles. The number of halogens is 2. The molecule has 1 aliphatic heterocycles. The van der Waals surface area contributed by atoms with Gasteiger partial charge in [-0.05, 0) is 0 Å². The molecule has 1 heterocycles. The molecule has 0 spiro atoms. The second-order valence-electron chi connectivity index (χ2n) is 2.14.